The van der Waals surface area contributed by atoms with E-state index in [0.717, 1.165) is 44.7 Å². The summed E-state index contributed by atoms with van der Waals surface area (Å²) in [7, 11) is 0. The average Bonchev–Trinajstić information content (AvgIpc) is 3.09. The van der Waals surface area contributed by atoms with Gasteiger partial charge < -0.3 is 42.3 Å². The third-order valence-electron chi connectivity index (χ3n) is 7.97. The summed E-state index contributed by atoms with van der Waals surface area (Å²) in [5.74, 6) is -2.89. The Morgan fingerprint density at radius 2 is 1.41 bits per heavy atom. The SMILES string of the molecule is CC(=O)OC[C@H]1O[C@H](Oc2ccc3c(OCc4ccccc4)c(OC/C=C(\C)CCC=C(C)C)c(=O)oc3c2)[C@@H](OC(C)=O)[C@@H](OC(C)=O)[C@@H]1OC(C)=O. The van der Waals surface area contributed by atoms with Crippen LogP contribution in [0.3, 0.4) is 0 Å². The Morgan fingerprint density at radius 3 is 2.06 bits per heavy atom. The summed E-state index contributed by atoms with van der Waals surface area (Å²) < 4.78 is 51.6. The van der Waals surface area contributed by atoms with Crippen LogP contribution in [0.15, 0.2) is 81.0 Å². The standard InChI is InChI=1S/C40H46O14/c1-23(2)12-11-13-24(3)18-19-46-37-34(48-21-29-14-9-8-10-15-29)31-17-16-30(20-32(31)53-39(37)45)52-40-38(51-28(7)44)36(50-27(6)43)35(49-26(5)42)33(54-40)22-47-25(4)41/h8-10,12,14-18,20,33,35-36,38,40H,11,13,19,21-22H2,1-7H3/b24-18+/t33-,35-,36+,38+,40+/m1/s1. The van der Waals surface area contributed by atoms with Gasteiger partial charge >= 0.3 is 29.5 Å². The van der Waals surface area contributed by atoms with Gasteiger partial charge in [0.1, 0.15) is 37.3 Å². The summed E-state index contributed by atoms with van der Waals surface area (Å²) in [5.41, 5.74) is 2.44. The fourth-order valence-electron chi connectivity index (χ4n) is 5.58. The molecule has 0 N–H and O–H groups in total. The molecule has 1 saturated heterocycles. The molecule has 4 rings (SSSR count). The molecule has 1 aliphatic rings. The minimum Gasteiger partial charge on any atom is -0.484 e. The molecule has 2 heterocycles. The van der Waals surface area contributed by atoms with Gasteiger partial charge in [-0.1, -0.05) is 47.6 Å². The van der Waals surface area contributed by atoms with Crippen LogP contribution in [-0.2, 0) is 49.5 Å². The molecular formula is C40H46O14. The summed E-state index contributed by atoms with van der Waals surface area (Å²) in [4.78, 5) is 61.7. The normalized spacial score (nSPS) is 19.6. The number of fused-ring (bicyclic) bond motifs is 1. The number of hydrogen-bond donors (Lipinski definition) is 0. The van der Waals surface area contributed by atoms with Gasteiger partial charge in [0.05, 0.1) is 5.39 Å². The van der Waals surface area contributed by atoms with E-state index in [-0.39, 0.29) is 36.0 Å². The highest BCUT2D eigenvalue weighted by molar-refractivity contribution is 5.86. The Labute approximate surface area is 312 Å². The monoisotopic (exact) mass is 750 g/mol. The van der Waals surface area contributed by atoms with Gasteiger partial charge in [-0.15, -0.1) is 0 Å². The van der Waals surface area contributed by atoms with Crippen molar-refractivity contribution in [3.63, 3.8) is 0 Å². The number of esters is 4. The van der Waals surface area contributed by atoms with Crippen LogP contribution in [0.4, 0.5) is 0 Å². The van der Waals surface area contributed by atoms with Crippen LogP contribution in [0.25, 0.3) is 11.0 Å². The van der Waals surface area contributed by atoms with Gasteiger partial charge in [-0.3, -0.25) is 19.2 Å². The molecule has 1 aromatic heterocycles. The number of rotatable bonds is 16. The molecule has 3 aromatic rings. The largest absolute Gasteiger partial charge is 0.484 e. The first-order chi connectivity index (χ1) is 25.7. The molecule has 1 fully saturated rings. The van der Waals surface area contributed by atoms with Crippen molar-refractivity contribution in [2.45, 2.75) is 98.6 Å². The van der Waals surface area contributed by atoms with Crippen LogP contribution in [-0.4, -0.2) is 67.8 Å². The first-order valence-electron chi connectivity index (χ1n) is 17.4. The summed E-state index contributed by atoms with van der Waals surface area (Å²) >= 11 is 0. The van der Waals surface area contributed by atoms with E-state index >= 15 is 0 Å². The van der Waals surface area contributed by atoms with Gasteiger partial charge in [-0.25, -0.2) is 4.79 Å². The van der Waals surface area contributed by atoms with Crippen molar-refractivity contribution in [1.29, 1.82) is 0 Å². The summed E-state index contributed by atoms with van der Waals surface area (Å²) in [6.07, 6.45) is -1.21. The molecule has 0 amide bonds. The lowest BCUT2D eigenvalue weighted by molar-refractivity contribution is -0.288. The van der Waals surface area contributed by atoms with Crippen molar-refractivity contribution in [1.82, 2.24) is 0 Å². The van der Waals surface area contributed by atoms with Crippen LogP contribution >= 0.6 is 0 Å². The van der Waals surface area contributed by atoms with E-state index in [9.17, 15) is 24.0 Å². The molecule has 0 saturated carbocycles. The quantitative estimate of drug-likeness (QED) is 0.0732. The van der Waals surface area contributed by atoms with Crippen LogP contribution in [0, 0.1) is 0 Å². The molecular weight excluding hydrogens is 704 g/mol. The molecule has 0 aliphatic carbocycles. The molecule has 14 nitrogen and oxygen atoms in total. The van der Waals surface area contributed by atoms with E-state index in [0.29, 0.717) is 5.39 Å². The highest BCUT2D eigenvalue weighted by Crippen LogP contribution is 2.37. The van der Waals surface area contributed by atoms with E-state index in [1.54, 1.807) is 6.07 Å². The molecule has 1 aliphatic heterocycles. The molecule has 14 heteroatoms. The number of allylic oxidation sites excluding steroid dienone is 3. The third-order valence-corrected chi connectivity index (χ3v) is 7.97. The van der Waals surface area contributed by atoms with E-state index in [1.165, 1.54) is 24.6 Å². The molecule has 0 spiro atoms. The van der Waals surface area contributed by atoms with Crippen molar-refractivity contribution >= 4 is 34.8 Å². The van der Waals surface area contributed by atoms with Crippen molar-refractivity contribution < 1.29 is 61.5 Å². The predicted molar refractivity (Wildman–Crippen MR) is 194 cm³/mol. The average molecular weight is 751 g/mol. The first kappa shape index (κ1) is 41.1. The molecule has 0 radical (unpaired) electrons. The fourth-order valence-corrected chi connectivity index (χ4v) is 5.58. The zero-order valence-electron chi connectivity index (χ0n) is 31.4. The Balaban J connectivity index is 1.71. The Hall–Kier alpha value is -5.63. The van der Waals surface area contributed by atoms with Gasteiger partial charge in [-0.2, -0.15) is 0 Å². The Morgan fingerprint density at radius 1 is 0.741 bits per heavy atom. The van der Waals surface area contributed by atoms with E-state index < -0.39 is 66.8 Å². The summed E-state index contributed by atoms with van der Waals surface area (Å²) in [6, 6.07) is 13.9. The number of ether oxygens (including phenoxy) is 8. The topological polar surface area (TPSA) is 172 Å². The lowest BCUT2D eigenvalue weighted by Crippen LogP contribution is -2.63. The lowest BCUT2D eigenvalue weighted by Gasteiger charge is -2.43. The van der Waals surface area contributed by atoms with Gasteiger partial charge in [0, 0.05) is 33.8 Å². The number of benzene rings is 2. The van der Waals surface area contributed by atoms with Crippen molar-refractivity contribution in [2.75, 3.05) is 13.2 Å². The van der Waals surface area contributed by atoms with E-state index in [1.807, 2.05) is 57.2 Å². The second-order valence-corrected chi connectivity index (χ2v) is 12.8. The van der Waals surface area contributed by atoms with Crippen LogP contribution in [0.2, 0.25) is 0 Å². The highest BCUT2D eigenvalue weighted by Gasteiger charge is 2.53. The maximum Gasteiger partial charge on any atom is 0.383 e. The van der Waals surface area contributed by atoms with Crippen molar-refractivity contribution in [3.8, 4) is 17.2 Å². The molecule has 0 bridgehead atoms. The number of carbonyl (C=O) groups is 4. The zero-order chi connectivity index (χ0) is 39.4. The van der Waals surface area contributed by atoms with Gasteiger partial charge in [0.25, 0.3) is 0 Å². The minimum atomic E-state index is -1.50. The smallest absolute Gasteiger partial charge is 0.383 e. The number of hydrogen-bond acceptors (Lipinski definition) is 14. The van der Waals surface area contributed by atoms with E-state index in [2.05, 4.69) is 6.08 Å². The van der Waals surface area contributed by atoms with Crippen LogP contribution in [0.1, 0.15) is 66.9 Å². The van der Waals surface area contributed by atoms with Crippen LogP contribution < -0.4 is 19.8 Å². The number of carbonyl (C=O) groups excluding carboxylic acids is 4. The molecule has 5 atom stereocenters. The zero-order valence-corrected chi connectivity index (χ0v) is 31.4. The second kappa shape index (κ2) is 19.4. The van der Waals surface area contributed by atoms with Crippen LogP contribution in [0.5, 0.6) is 17.2 Å². The first-order valence-corrected chi connectivity index (χ1v) is 17.4. The Kier molecular flexibility index (Phi) is 14.8. The Bertz CT molecular complexity index is 1910. The fraction of sp³-hybridized carbons (Fsp3) is 0.425. The molecule has 2 aromatic carbocycles. The lowest BCUT2D eigenvalue weighted by atomic mass is 9.98. The predicted octanol–water partition coefficient (Wildman–Crippen LogP) is 5.91. The molecule has 54 heavy (non-hydrogen) atoms. The highest BCUT2D eigenvalue weighted by atomic mass is 16.7. The van der Waals surface area contributed by atoms with Crippen molar-refractivity contribution in [3.05, 3.63) is 87.8 Å². The summed E-state index contributed by atoms with van der Waals surface area (Å²) in [6.45, 7) is 10.4. The maximum atomic E-state index is 13.4. The van der Waals surface area contributed by atoms with Gasteiger partial charge in [-0.05, 0) is 57.4 Å². The van der Waals surface area contributed by atoms with E-state index in [4.69, 9.17) is 42.3 Å². The van der Waals surface area contributed by atoms with Crippen molar-refractivity contribution in [2.24, 2.45) is 0 Å². The second-order valence-electron chi connectivity index (χ2n) is 12.8. The molecule has 290 valence electrons. The summed E-state index contributed by atoms with van der Waals surface area (Å²) in [5, 5.41) is 0.388. The molecule has 0 unspecified atom stereocenters. The maximum absolute atomic E-state index is 13.4. The third kappa shape index (κ3) is 12.0. The van der Waals surface area contributed by atoms with Gasteiger partial charge in [0.2, 0.25) is 18.1 Å². The van der Waals surface area contributed by atoms with Gasteiger partial charge in [0.15, 0.2) is 18.0 Å². The minimum absolute atomic E-state index is 0.0620.